The summed E-state index contributed by atoms with van der Waals surface area (Å²) in [4.78, 5) is 2.60. The van der Waals surface area contributed by atoms with Crippen LogP contribution >= 0.6 is 0 Å². The van der Waals surface area contributed by atoms with Gasteiger partial charge in [0.15, 0.2) is 0 Å². The molecule has 3 rings (SSSR count). The van der Waals surface area contributed by atoms with Crippen LogP contribution in [0.25, 0.3) is 0 Å². The average molecular weight is 194 g/mol. The maximum absolute atomic E-state index is 3.85. The van der Waals surface area contributed by atoms with Gasteiger partial charge in [0.2, 0.25) is 0 Å². The Kier molecular flexibility index (Phi) is 1.94. The summed E-state index contributed by atoms with van der Waals surface area (Å²) in [6.07, 6.45) is 5.85. The van der Waals surface area contributed by atoms with Gasteiger partial charge >= 0.3 is 0 Å². The van der Waals surface area contributed by atoms with Crippen LogP contribution in [0.1, 0.15) is 39.5 Å². The summed E-state index contributed by atoms with van der Waals surface area (Å²) in [5.41, 5.74) is 0.825. The molecule has 0 radical (unpaired) electrons. The Morgan fingerprint density at radius 1 is 1.36 bits per heavy atom. The second-order valence-electron chi connectivity index (χ2n) is 5.86. The second-order valence-corrected chi connectivity index (χ2v) is 5.86. The van der Waals surface area contributed by atoms with E-state index >= 15 is 0 Å². The molecule has 2 nitrogen and oxygen atoms in total. The molecular formula is C12H22N2. The summed E-state index contributed by atoms with van der Waals surface area (Å²) in [7, 11) is 0. The molecule has 0 aromatic carbocycles. The quantitative estimate of drug-likeness (QED) is 0.734. The predicted octanol–water partition coefficient (Wildman–Crippen LogP) is 1.61. The molecule has 80 valence electrons. The summed E-state index contributed by atoms with van der Waals surface area (Å²) in [6, 6.07) is 2.43. The fourth-order valence-corrected chi connectivity index (χ4v) is 2.97. The van der Waals surface area contributed by atoms with Crippen LogP contribution in [0.2, 0.25) is 0 Å². The van der Waals surface area contributed by atoms with E-state index < -0.39 is 0 Å². The molecule has 1 heterocycles. The summed E-state index contributed by atoms with van der Waals surface area (Å²) in [5.74, 6) is 0. The van der Waals surface area contributed by atoms with Crippen LogP contribution in [0.3, 0.4) is 0 Å². The van der Waals surface area contributed by atoms with Crippen molar-refractivity contribution in [2.24, 2.45) is 5.41 Å². The Morgan fingerprint density at radius 3 is 2.64 bits per heavy atom. The number of hydrogen-bond donors (Lipinski definition) is 1. The predicted molar refractivity (Wildman–Crippen MR) is 58.3 cm³/mol. The van der Waals surface area contributed by atoms with Gasteiger partial charge in [-0.25, -0.2) is 0 Å². The Morgan fingerprint density at radius 2 is 2.14 bits per heavy atom. The van der Waals surface area contributed by atoms with Gasteiger partial charge in [-0.15, -0.1) is 0 Å². The van der Waals surface area contributed by atoms with Crippen LogP contribution < -0.4 is 5.32 Å². The molecule has 3 fully saturated rings. The van der Waals surface area contributed by atoms with Crippen molar-refractivity contribution in [2.45, 2.75) is 57.7 Å². The number of nitrogens with one attached hydrogen (secondary N) is 1. The molecule has 2 atom stereocenters. The standard InChI is InChI=1S/C12H22N2/c1-9(2)14-6-3-10(8-14)13-11-7-12(11)4-5-12/h9-11,13H,3-8H2,1-2H3/t10-,11?/m0/s1. The monoisotopic (exact) mass is 194 g/mol. The normalized spacial score (nSPS) is 39.6. The van der Waals surface area contributed by atoms with Crippen molar-refractivity contribution >= 4 is 0 Å². The third kappa shape index (κ3) is 1.49. The summed E-state index contributed by atoms with van der Waals surface area (Å²) < 4.78 is 0. The van der Waals surface area contributed by atoms with Crippen LogP contribution in [0, 0.1) is 5.41 Å². The molecule has 0 bridgehead atoms. The molecule has 1 unspecified atom stereocenters. The SMILES string of the molecule is CC(C)N1CC[C@H](NC2CC23CC3)C1. The minimum Gasteiger partial charge on any atom is -0.309 e. The van der Waals surface area contributed by atoms with E-state index in [0.717, 1.165) is 23.5 Å². The van der Waals surface area contributed by atoms with Gasteiger partial charge in [-0.3, -0.25) is 4.90 Å². The lowest BCUT2D eigenvalue weighted by atomic mass is 10.2. The molecule has 0 aromatic rings. The second kappa shape index (κ2) is 2.96. The fourth-order valence-electron chi connectivity index (χ4n) is 2.97. The minimum atomic E-state index is 0.732. The molecule has 3 aliphatic rings. The zero-order valence-corrected chi connectivity index (χ0v) is 9.42. The van der Waals surface area contributed by atoms with Gasteiger partial charge in [-0.05, 0) is 51.5 Å². The largest absolute Gasteiger partial charge is 0.309 e. The third-order valence-electron chi connectivity index (χ3n) is 4.47. The molecule has 14 heavy (non-hydrogen) atoms. The maximum atomic E-state index is 3.85. The van der Waals surface area contributed by atoms with Crippen LogP contribution in [0.15, 0.2) is 0 Å². The molecule has 0 amide bonds. The highest BCUT2D eigenvalue weighted by Gasteiger charge is 2.62. The van der Waals surface area contributed by atoms with Crippen molar-refractivity contribution in [2.75, 3.05) is 13.1 Å². The van der Waals surface area contributed by atoms with E-state index in [0.29, 0.717) is 0 Å². The van der Waals surface area contributed by atoms with E-state index in [1.165, 1.54) is 38.8 Å². The Bertz CT molecular complexity index is 232. The smallest absolute Gasteiger partial charge is 0.0210 e. The first-order valence-electron chi connectivity index (χ1n) is 6.20. The van der Waals surface area contributed by atoms with Gasteiger partial charge in [0.25, 0.3) is 0 Å². The molecule has 0 aromatic heterocycles. The van der Waals surface area contributed by atoms with Crippen molar-refractivity contribution in [3.05, 3.63) is 0 Å². The molecule has 2 aliphatic carbocycles. The minimum absolute atomic E-state index is 0.732. The van der Waals surface area contributed by atoms with E-state index in [4.69, 9.17) is 0 Å². The number of rotatable bonds is 3. The van der Waals surface area contributed by atoms with E-state index in [9.17, 15) is 0 Å². The highest BCUT2D eigenvalue weighted by molar-refractivity contribution is 5.17. The number of hydrogen-bond acceptors (Lipinski definition) is 2. The molecule has 2 saturated carbocycles. The first kappa shape index (κ1) is 9.17. The lowest BCUT2D eigenvalue weighted by Gasteiger charge is -2.20. The van der Waals surface area contributed by atoms with E-state index in [2.05, 4.69) is 24.1 Å². The van der Waals surface area contributed by atoms with Gasteiger partial charge in [0, 0.05) is 24.7 Å². The number of nitrogens with zero attached hydrogens (tertiary/aromatic N) is 1. The summed E-state index contributed by atoms with van der Waals surface area (Å²) >= 11 is 0. The van der Waals surface area contributed by atoms with E-state index in [-0.39, 0.29) is 0 Å². The first-order valence-corrected chi connectivity index (χ1v) is 6.20. The van der Waals surface area contributed by atoms with Crippen molar-refractivity contribution in [3.8, 4) is 0 Å². The van der Waals surface area contributed by atoms with Gasteiger partial charge in [-0.2, -0.15) is 0 Å². The fraction of sp³-hybridized carbons (Fsp3) is 1.00. The van der Waals surface area contributed by atoms with Crippen molar-refractivity contribution < 1.29 is 0 Å². The first-order chi connectivity index (χ1) is 6.70. The van der Waals surface area contributed by atoms with E-state index in [1.54, 1.807) is 0 Å². The van der Waals surface area contributed by atoms with Crippen molar-refractivity contribution in [1.29, 1.82) is 0 Å². The van der Waals surface area contributed by atoms with Gasteiger partial charge in [0.1, 0.15) is 0 Å². The van der Waals surface area contributed by atoms with Crippen LogP contribution in [-0.2, 0) is 0 Å². The molecular weight excluding hydrogens is 172 g/mol. The van der Waals surface area contributed by atoms with Crippen LogP contribution in [-0.4, -0.2) is 36.1 Å². The Labute approximate surface area is 87.0 Å². The highest BCUT2D eigenvalue weighted by atomic mass is 15.2. The highest BCUT2D eigenvalue weighted by Crippen LogP contribution is 2.66. The zero-order chi connectivity index (χ0) is 9.76. The summed E-state index contributed by atoms with van der Waals surface area (Å²) in [5, 5.41) is 3.85. The third-order valence-corrected chi connectivity index (χ3v) is 4.47. The van der Waals surface area contributed by atoms with Gasteiger partial charge in [0.05, 0.1) is 0 Å². The molecule has 1 N–H and O–H groups in total. The van der Waals surface area contributed by atoms with Crippen LogP contribution in [0.5, 0.6) is 0 Å². The Balaban J connectivity index is 1.47. The molecule has 2 heteroatoms. The average Bonchev–Trinajstić information content (AvgIpc) is 2.98. The molecule has 1 spiro atoms. The van der Waals surface area contributed by atoms with E-state index in [1.807, 2.05) is 0 Å². The van der Waals surface area contributed by atoms with Crippen molar-refractivity contribution in [1.82, 2.24) is 10.2 Å². The Hall–Kier alpha value is -0.0800. The lowest BCUT2D eigenvalue weighted by Crippen LogP contribution is -2.36. The number of likely N-dealkylation sites (tertiary alicyclic amines) is 1. The topological polar surface area (TPSA) is 15.3 Å². The van der Waals surface area contributed by atoms with Crippen LogP contribution in [0.4, 0.5) is 0 Å². The summed E-state index contributed by atoms with van der Waals surface area (Å²) in [6.45, 7) is 7.20. The lowest BCUT2D eigenvalue weighted by molar-refractivity contribution is 0.267. The van der Waals surface area contributed by atoms with Gasteiger partial charge < -0.3 is 5.32 Å². The van der Waals surface area contributed by atoms with Gasteiger partial charge in [-0.1, -0.05) is 0 Å². The molecule has 1 saturated heterocycles. The maximum Gasteiger partial charge on any atom is 0.0210 e. The van der Waals surface area contributed by atoms with Crippen molar-refractivity contribution in [3.63, 3.8) is 0 Å². The molecule has 1 aliphatic heterocycles. The zero-order valence-electron chi connectivity index (χ0n) is 9.42.